The van der Waals surface area contributed by atoms with Gasteiger partial charge < -0.3 is 0 Å². The van der Waals surface area contributed by atoms with Gasteiger partial charge in [0.05, 0.1) is 6.61 Å². The molecule has 1 unspecified atom stereocenters. The third-order valence-corrected chi connectivity index (χ3v) is 1.96. The molecule has 0 spiro atoms. The average Bonchev–Trinajstić information content (AvgIpc) is 2.10. The topological polar surface area (TPSA) is 61.6 Å². The summed E-state index contributed by atoms with van der Waals surface area (Å²) in [6, 6.07) is 0. The number of hydrogen-bond acceptors (Lipinski definition) is 4. The molecule has 0 bridgehead atoms. The first-order valence-corrected chi connectivity index (χ1v) is 4.64. The number of rotatable bonds is 8. The monoisotopic (exact) mass is 191 g/mol. The predicted octanol–water partition coefficient (Wildman–Crippen LogP) is 2.34. The fourth-order valence-electron chi connectivity index (χ4n) is 1.07. The third-order valence-electron chi connectivity index (χ3n) is 1.96. The molecule has 78 valence electrons. The Hall–Kier alpha value is -0.840. The zero-order valence-electron chi connectivity index (χ0n) is 8.19. The Balaban J connectivity index is 3.41. The highest BCUT2D eigenvalue weighted by Gasteiger charge is 2.07. The van der Waals surface area contributed by atoms with E-state index in [2.05, 4.69) is 16.8 Å². The largest absolute Gasteiger partial charge is 0.322 e. The van der Waals surface area contributed by atoms with E-state index in [1.165, 1.54) is 0 Å². The van der Waals surface area contributed by atoms with E-state index in [-0.39, 0.29) is 0 Å². The van der Waals surface area contributed by atoms with Gasteiger partial charge in [0.25, 0.3) is 0 Å². The third kappa shape index (κ3) is 7.52. The molecule has 0 N–H and O–H groups in total. The van der Waals surface area contributed by atoms with Crippen LogP contribution in [0.1, 0.15) is 39.5 Å². The minimum Gasteiger partial charge on any atom is -0.198 e. The van der Waals surface area contributed by atoms with Crippen LogP contribution in [0.25, 0.3) is 0 Å². The second-order valence-corrected chi connectivity index (χ2v) is 3.00. The molecular weight excluding hydrogens is 174 g/mol. The van der Waals surface area contributed by atoms with Gasteiger partial charge in [0, 0.05) is 0 Å². The van der Waals surface area contributed by atoms with E-state index >= 15 is 0 Å². The minimum atomic E-state index is -0.938. The fourth-order valence-corrected chi connectivity index (χ4v) is 1.07. The van der Waals surface area contributed by atoms with Crippen molar-refractivity contribution in [2.24, 2.45) is 5.92 Å². The van der Waals surface area contributed by atoms with Crippen LogP contribution in [0.4, 0.5) is 0 Å². The highest BCUT2D eigenvalue weighted by molar-refractivity contribution is 4.54. The van der Waals surface area contributed by atoms with E-state index in [0.717, 1.165) is 25.7 Å². The standard InChI is InChI=1S/C8H17NO4/c1-3-5-6-8(4-2)7-12-13-9(10)11/h8H,3-7H2,1-2H3. The van der Waals surface area contributed by atoms with Gasteiger partial charge in [-0.25, -0.2) is 0 Å². The van der Waals surface area contributed by atoms with Gasteiger partial charge in [-0.3, -0.25) is 0 Å². The molecular formula is C8H17NO4. The lowest BCUT2D eigenvalue weighted by Crippen LogP contribution is -2.11. The van der Waals surface area contributed by atoms with Crippen LogP contribution in [0.2, 0.25) is 0 Å². The van der Waals surface area contributed by atoms with Crippen molar-refractivity contribution in [3.8, 4) is 0 Å². The molecule has 0 aliphatic heterocycles. The summed E-state index contributed by atoms with van der Waals surface area (Å²) in [7, 11) is 0. The zero-order valence-corrected chi connectivity index (χ0v) is 8.19. The number of nitrogens with zero attached hydrogens (tertiary/aromatic N) is 1. The molecule has 0 amide bonds. The van der Waals surface area contributed by atoms with Crippen molar-refractivity contribution < 1.29 is 15.0 Å². The lowest BCUT2D eigenvalue weighted by molar-refractivity contribution is -0.851. The molecule has 0 rings (SSSR count). The first kappa shape index (κ1) is 12.2. The summed E-state index contributed by atoms with van der Waals surface area (Å²) in [6.07, 6.45) is 4.25. The van der Waals surface area contributed by atoms with Gasteiger partial charge in [-0.05, 0) is 12.3 Å². The van der Waals surface area contributed by atoms with Crippen LogP contribution in [0.3, 0.4) is 0 Å². The summed E-state index contributed by atoms with van der Waals surface area (Å²) >= 11 is 0. The predicted molar refractivity (Wildman–Crippen MR) is 47.3 cm³/mol. The normalized spacial score (nSPS) is 12.5. The van der Waals surface area contributed by atoms with E-state index in [0.29, 0.717) is 12.5 Å². The van der Waals surface area contributed by atoms with Crippen LogP contribution in [0.15, 0.2) is 0 Å². The van der Waals surface area contributed by atoms with Gasteiger partial charge in [0.2, 0.25) is 0 Å². The van der Waals surface area contributed by atoms with Gasteiger partial charge in [0.15, 0.2) is 0 Å². The van der Waals surface area contributed by atoms with E-state index in [1.807, 2.05) is 6.92 Å². The highest BCUT2D eigenvalue weighted by Crippen LogP contribution is 2.12. The Morgan fingerprint density at radius 2 is 2.15 bits per heavy atom. The molecule has 0 fully saturated rings. The van der Waals surface area contributed by atoms with Crippen LogP contribution >= 0.6 is 0 Å². The molecule has 0 saturated heterocycles. The van der Waals surface area contributed by atoms with Crippen molar-refractivity contribution >= 4 is 0 Å². The smallest absolute Gasteiger partial charge is 0.198 e. The molecule has 0 heterocycles. The molecule has 1 atom stereocenters. The summed E-state index contributed by atoms with van der Waals surface area (Å²) in [4.78, 5) is 18.0. The SMILES string of the molecule is CCCCC(CC)COO[N+](=O)[O-]. The molecule has 0 aromatic carbocycles. The van der Waals surface area contributed by atoms with Crippen molar-refractivity contribution in [2.75, 3.05) is 6.61 Å². The van der Waals surface area contributed by atoms with Crippen molar-refractivity contribution in [2.45, 2.75) is 39.5 Å². The summed E-state index contributed by atoms with van der Waals surface area (Å²) in [5.74, 6) is 0.361. The zero-order chi connectivity index (χ0) is 10.1. The van der Waals surface area contributed by atoms with Crippen LogP contribution in [-0.4, -0.2) is 11.7 Å². The Kier molecular flexibility index (Phi) is 7.29. The lowest BCUT2D eigenvalue weighted by Gasteiger charge is -2.11. The van der Waals surface area contributed by atoms with E-state index in [4.69, 9.17) is 0 Å². The van der Waals surface area contributed by atoms with Gasteiger partial charge >= 0.3 is 5.09 Å². The first-order chi connectivity index (χ1) is 6.20. The average molecular weight is 191 g/mol. The Morgan fingerprint density at radius 1 is 1.46 bits per heavy atom. The highest BCUT2D eigenvalue weighted by atomic mass is 17.3. The Labute approximate surface area is 78.1 Å². The van der Waals surface area contributed by atoms with Crippen molar-refractivity contribution in [3.63, 3.8) is 0 Å². The number of unbranched alkanes of at least 4 members (excludes halogenated alkanes) is 1. The molecule has 0 aliphatic carbocycles. The summed E-state index contributed by atoms with van der Waals surface area (Å²) < 4.78 is 0. The van der Waals surface area contributed by atoms with Gasteiger partial charge in [-0.2, -0.15) is 4.89 Å². The summed E-state index contributed by atoms with van der Waals surface area (Å²) in [5, 5.41) is 8.80. The molecule has 5 nitrogen and oxygen atoms in total. The maximum Gasteiger partial charge on any atom is 0.322 e. The summed E-state index contributed by atoms with van der Waals surface area (Å²) in [6.45, 7) is 4.45. The van der Waals surface area contributed by atoms with E-state index in [1.54, 1.807) is 0 Å². The summed E-state index contributed by atoms with van der Waals surface area (Å²) in [5.41, 5.74) is 0. The van der Waals surface area contributed by atoms with Crippen LogP contribution in [0, 0.1) is 16.0 Å². The molecule has 0 aromatic heterocycles. The van der Waals surface area contributed by atoms with E-state index in [9.17, 15) is 10.1 Å². The molecule has 0 radical (unpaired) electrons. The van der Waals surface area contributed by atoms with Crippen molar-refractivity contribution in [1.29, 1.82) is 0 Å². The van der Waals surface area contributed by atoms with Gasteiger partial charge in [-0.1, -0.05) is 33.1 Å². The van der Waals surface area contributed by atoms with Crippen LogP contribution < -0.4 is 0 Å². The fraction of sp³-hybridized carbons (Fsp3) is 1.00. The second-order valence-electron chi connectivity index (χ2n) is 3.00. The number of hydrogen-bond donors (Lipinski definition) is 0. The lowest BCUT2D eigenvalue weighted by atomic mass is 10.0. The minimum absolute atomic E-state index is 0.303. The van der Waals surface area contributed by atoms with Crippen molar-refractivity contribution in [3.05, 3.63) is 10.1 Å². The van der Waals surface area contributed by atoms with Crippen molar-refractivity contribution in [1.82, 2.24) is 0 Å². The quantitative estimate of drug-likeness (QED) is 0.335. The van der Waals surface area contributed by atoms with E-state index < -0.39 is 5.09 Å². The van der Waals surface area contributed by atoms with Gasteiger partial charge in [-0.15, -0.1) is 15.1 Å². The maximum atomic E-state index is 9.74. The van der Waals surface area contributed by atoms with Gasteiger partial charge in [0.1, 0.15) is 0 Å². The Bertz CT molecular complexity index is 140. The van der Waals surface area contributed by atoms with Crippen LogP contribution in [-0.2, 0) is 9.88 Å². The second kappa shape index (κ2) is 7.79. The first-order valence-electron chi connectivity index (χ1n) is 4.64. The molecule has 0 saturated carbocycles. The molecule has 0 aromatic rings. The maximum absolute atomic E-state index is 9.74. The molecule has 0 aliphatic rings. The molecule has 13 heavy (non-hydrogen) atoms. The van der Waals surface area contributed by atoms with Crippen LogP contribution in [0.5, 0.6) is 0 Å². The Morgan fingerprint density at radius 3 is 2.62 bits per heavy atom. The molecule has 5 heteroatoms.